The summed E-state index contributed by atoms with van der Waals surface area (Å²) in [5.74, 6) is 1.92. The van der Waals surface area contributed by atoms with Crippen molar-refractivity contribution in [3.05, 3.63) is 217 Å². The summed E-state index contributed by atoms with van der Waals surface area (Å²) in [5, 5.41) is 22.2. The standard InChI is InChI=1S/C36H45N3O3.C24H34N2O.C12H11NO2/c40-32(28-42-35-23-11-22-34-33(35)21-12-26-38-34)27-37-25-8-7-24-36(41)39-31(19-9-17-29-13-3-1-4-14-29)20-10-18-30-15-5-2-6-16-30;25-20-8-7-19-24(27)26-23(17-9-15-21-11-3-1-4-12-21)18-10-16-22-13-5-2-6-14-22;1-4-11-10(3-2-6-13-11)12(5-1)15-8-9-7-14-9/h1-6,11-16,21-23,26,31-32,37,40H,7-10,17-20,24-25,27-28H2,(H,39,41);1-6,11-14,23H,7-10,15-20,25H2,(H,26,27);1-6,9H,7-8H2/t32-;;9-/m1.0/s1. The van der Waals surface area contributed by atoms with Gasteiger partial charge in [-0.1, -0.05) is 133 Å². The number of pyridine rings is 2. The minimum Gasteiger partial charge on any atom is -0.490 e. The van der Waals surface area contributed by atoms with Gasteiger partial charge in [0, 0.05) is 54.6 Å². The lowest BCUT2D eigenvalue weighted by Gasteiger charge is -2.19. The van der Waals surface area contributed by atoms with Gasteiger partial charge in [-0.25, -0.2) is 0 Å². The van der Waals surface area contributed by atoms with Crippen molar-refractivity contribution in [2.75, 3.05) is 39.5 Å². The number of carbonyl (C=O) groups excluding carboxylic acids is 2. The maximum absolute atomic E-state index is 12.8. The molecule has 0 bridgehead atoms. The van der Waals surface area contributed by atoms with Crippen LogP contribution in [0, 0.1) is 0 Å². The second kappa shape index (κ2) is 38.4. The van der Waals surface area contributed by atoms with E-state index in [4.69, 9.17) is 19.9 Å². The van der Waals surface area contributed by atoms with Crippen molar-refractivity contribution in [3.63, 3.8) is 0 Å². The minimum absolute atomic E-state index is 0.137. The highest BCUT2D eigenvalue weighted by Crippen LogP contribution is 2.26. The van der Waals surface area contributed by atoms with E-state index in [2.05, 4.69) is 135 Å². The normalized spacial score (nSPS) is 12.9. The van der Waals surface area contributed by atoms with Crippen LogP contribution in [0.2, 0.25) is 0 Å². The number of aliphatic hydroxyl groups is 1. The van der Waals surface area contributed by atoms with Gasteiger partial charge in [-0.3, -0.25) is 19.6 Å². The molecule has 1 aliphatic heterocycles. The molecule has 2 amide bonds. The maximum atomic E-state index is 12.8. The number of ether oxygens (including phenoxy) is 3. The van der Waals surface area contributed by atoms with Crippen molar-refractivity contribution >= 4 is 33.6 Å². The van der Waals surface area contributed by atoms with Crippen LogP contribution in [0.25, 0.3) is 21.8 Å². The summed E-state index contributed by atoms with van der Waals surface area (Å²) in [6.45, 7) is 3.52. The molecular weight excluding hydrogens is 1040 g/mol. The van der Waals surface area contributed by atoms with Crippen LogP contribution in [-0.2, 0) is 40.0 Å². The molecule has 6 N–H and O–H groups in total. The lowest BCUT2D eigenvalue weighted by atomic mass is 9.99. The van der Waals surface area contributed by atoms with E-state index >= 15 is 0 Å². The Kier molecular flexibility index (Phi) is 29.3. The largest absolute Gasteiger partial charge is 0.490 e. The average molecular weight is 1140 g/mol. The molecule has 2 aromatic heterocycles. The number of amides is 2. The van der Waals surface area contributed by atoms with Crippen molar-refractivity contribution in [1.29, 1.82) is 0 Å². The SMILES string of the molecule is NCCCCC(=O)NC(CCCc1ccccc1)CCCc1ccccc1.O=C(CCCCNC[C@@H](O)COc1cccc2ncccc12)NC(CCCc1ccccc1)CCCc1ccccc1.c1cc(OC[C@@H]2CO2)c2cccnc2c1. The summed E-state index contributed by atoms with van der Waals surface area (Å²) in [6, 6.07) is 62.2. The van der Waals surface area contributed by atoms with Gasteiger partial charge >= 0.3 is 0 Å². The van der Waals surface area contributed by atoms with E-state index < -0.39 is 6.10 Å². The van der Waals surface area contributed by atoms with Crippen molar-refractivity contribution in [1.82, 2.24) is 25.9 Å². The minimum atomic E-state index is -0.618. The number of aryl methyl sites for hydroxylation is 4. The maximum Gasteiger partial charge on any atom is 0.220 e. The van der Waals surface area contributed by atoms with Gasteiger partial charge in [-0.15, -0.1) is 0 Å². The van der Waals surface area contributed by atoms with Crippen LogP contribution in [0.15, 0.2) is 194 Å². The van der Waals surface area contributed by atoms with Crippen LogP contribution in [-0.4, -0.2) is 90.6 Å². The highest BCUT2D eigenvalue weighted by Gasteiger charge is 2.23. The van der Waals surface area contributed by atoms with Gasteiger partial charge in [0.2, 0.25) is 11.8 Å². The number of rotatable bonds is 35. The number of aromatic nitrogens is 2. The molecular formula is C72H90N6O6. The van der Waals surface area contributed by atoms with Crippen LogP contribution in [0.5, 0.6) is 11.5 Å². The van der Waals surface area contributed by atoms with Gasteiger partial charge in [0.1, 0.15) is 36.9 Å². The van der Waals surface area contributed by atoms with E-state index in [1.54, 1.807) is 12.4 Å². The summed E-state index contributed by atoms with van der Waals surface area (Å²) < 4.78 is 16.6. The van der Waals surface area contributed by atoms with Gasteiger partial charge in [0.25, 0.3) is 0 Å². The van der Waals surface area contributed by atoms with Gasteiger partial charge < -0.3 is 41.0 Å². The molecule has 12 nitrogen and oxygen atoms in total. The molecule has 9 rings (SSSR count). The zero-order chi connectivity index (χ0) is 58.5. The molecule has 0 aliphatic carbocycles. The molecule has 0 spiro atoms. The predicted molar refractivity (Wildman–Crippen MR) is 341 cm³/mol. The van der Waals surface area contributed by atoms with Crippen LogP contribution in [0.3, 0.4) is 0 Å². The first-order valence-electron chi connectivity index (χ1n) is 30.8. The first-order valence-corrected chi connectivity index (χ1v) is 30.8. The Morgan fingerprint density at radius 2 is 0.929 bits per heavy atom. The Labute approximate surface area is 499 Å². The molecule has 0 radical (unpaired) electrons. The highest BCUT2D eigenvalue weighted by atomic mass is 16.6. The van der Waals surface area contributed by atoms with Gasteiger partial charge in [0.15, 0.2) is 0 Å². The number of nitrogens with one attached hydrogen (secondary N) is 3. The van der Waals surface area contributed by atoms with Crippen LogP contribution >= 0.6 is 0 Å². The Morgan fingerprint density at radius 1 is 0.512 bits per heavy atom. The number of nitrogens with zero attached hydrogens (tertiary/aromatic N) is 2. The third kappa shape index (κ3) is 25.6. The molecule has 444 valence electrons. The number of unbranched alkanes of at least 4 members (excludes halogenated alkanes) is 2. The summed E-state index contributed by atoms with van der Waals surface area (Å²) in [7, 11) is 0. The van der Waals surface area contributed by atoms with Crippen LogP contribution < -0.4 is 31.2 Å². The van der Waals surface area contributed by atoms with Crippen molar-refractivity contribution in [3.8, 4) is 11.5 Å². The van der Waals surface area contributed by atoms with E-state index in [-0.39, 0.29) is 36.6 Å². The summed E-state index contributed by atoms with van der Waals surface area (Å²) in [4.78, 5) is 33.6. The average Bonchev–Trinajstić information content (AvgIpc) is 4.49. The summed E-state index contributed by atoms with van der Waals surface area (Å²) >= 11 is 0. The third-order valence-electron chi connectivity index (χ3n) is 14.9. The monoisotopic (exact) mass is 1130 g/mol. The molecule has 8 aromatic rings. The Hall–Kier alpha value is -7.48. The number of carbonyl (C=O) groups is 2. The molecule has 0 unspecified atom stereocenters. The first kappa shape index (κ1) is 64.1. The van der Waals surface area contributed by atoms with Crippen molar-refractivity contribution < 1.29 is 28.9 Å². The van der Waals surface area contributed by atoms with Crippen molar-refractivity contribution in [2.45, 2.75) is 140 Å². The number of hydrogen-bond acceptors (Lipinski definition) is 10. The second-order valence-corrected chi connectivity index (χ2v) is 21.8. The number of fused-ring (bicyclic) bond motifs is 2. The zero-order valence-electron chi connectivity index (χ0n) is 49.2. The first-order chi connectivity index (χ1) is 41.4. The molecule has 1 aliphatic rings. The van der Waals surface area contributed by atoms with E-state index in [1.807, 2.05) is 72.8 Å². The fourth-order valence-electron chi connectivity index (χ4n) is 10.2. The van der Waals surface area contributed by atoms with Crippen LogP contribution in [0.1, 0.15) is 112 Å². The molecule has 0 saturated carbocycles. The molecule has 6 aromatic carbocycles. The number of epoxide rings is 1. The van der Waals surface area contributed by atoms with Gasteiger partial charge in [0.05, 0.1) is 17.6 Å². The molecule has 1 saturated heterocycles. The molecule has 12 heteroatoms. The topological polar surface area (TPSA) is 173 Å². The lowest BCUT2D eigenvalue weighted by molar-refractivity contribution is -0.122. The Balaban J connectivity index is 0.000000204. The molecule has 3 heterocycles. The number of nitrogens with two attached hydrogens (primary N) is 1. The van der Waals surface area contributed by atoms with E-state index in [1.165, 1.54) is 22.3 Å². The van der Waals surface area contributed by atoms with E-state index in [0.29, 0.717) is 32.5 Å². The third-order valence-corrected chi connectivity index (χ3v) is 14.9. The number of hydrogen-bond donors (Lipinski definition) is 5. The smallest absolute Gasteiger partial charge is 0.220 e. The van der Waals surface area contributed by atoms with Gasteiger partial charge in [-0.2, -0.15) is 0 Å². The zero-order valence-corrected chi connectivity index (χ0v) is 49.2. The van der Waals surface area contributed by atoms with E-state index in [9.17, 15) is 14.7 Å². The Morgan fingerprint density at radius 3 is 1.35 bits per heavy atom. The summed E-state index contributed by atoms with van der Waals surface area (Å²) in [5.41, 5.74) is 12.8. The lowest BCUT2D eigenvalue weighted by Crippen LogP contribution is -2.35. The molecule has 1 fully saturated rings. The van der Waals surface area contributed by atoms with Gasteiger partial charge in [-0.05, 0) is 187 Å². The van der Waals surface area contributed by atoms with Crippen LogP contribution in [0.4, 0.5) is 0 Å². The quantitative estimate of drug-likeness (QED) is 0.0190. The second-order valence-electron chi connectivity index (χ2n) is 21.8. The Bertz CT molecular complexity index is 2940. The fourth-order valence-corrected chi connectivity index (χ4v) is 10.2. The summed E-state index contributed by atoms with van der Waals surface area (Å²) in [6.07, 6.45) is 20.4. The fraction of sp³-hybridized carbons (Fsp3) is 0.389. The number of aliphatic hydroxyl groups excluding tert-OH is 1. The molecule has 2 atom stereocenters. The van der Waals surface area contributed by atoms with E-state index in [0.717, 1.165) is 149 Å². The number of benzene rings is 6. The molecule has 84 heavy (non-hydrogen) atoms. The highest BCUT2D eigenvalue weighted by molar-refractivity contribution is 5.85. The predicted octanol–water partition coefficient (Wildman–Crippen LogP) is 12.9. The van der Waals surface area contributed by atoms with Crippen molar-refractivity contribution in [2.24, 2.45) is 5.73 Å².